The Balaban J connectivity index is 2.10. The van der Waals surface area contributed by atoms with Crippen LogP contribution in [0.4, 0.5) is 0 Å². The van der Waals surface area contributed by atoms with Gasteiger partial charge in [-0.05, 0) is 25.0 Å². The highest BCUT2D eigenvalue weighted by Crippen LogP contribution is 2.23. The molecule has 0 aliphatic heterocycles. The number of sulfonamides is 1. The molecule has 0 unspecified atom stereocenters. The van der Waals surface area contributed by atoms with E-state index < -0.39 is 10.0 Å². The van der Waals surface area contributed by atoms with E-state index in [0.29, 0.717) is 0 Å². The highest BCUT2D eigenvalue weighted by atomic mass is 35.5. The first-order valence-corrected chi connectivity index (χ1v) is 8.72. The van der Waals surface area contributed by atoms with Gasteiger partial charge in [0.2, 0.25) is 10.0 Å². The first-order valence-electron chi connectivity index (χ1n) is 6.86. The normalized spacial score (nSPS) is 18.8. The van der Waals surface area contributed by atoms with Crippen molar-refractivity contribution >= 4 is 21.6 Å². The molecule has 0 radical (unpaired) electrons. The molecule has 1 N–H and O–H groups in total. The Labute approximate surface area is 120 Å². The molecule has 5 heteroatoms. The van der Waals surface area contributed by atoms with Crippen molar-refractivity contribution in [3.63, 3.8) is 0 Å². The maximum absolute atomic E-state index is 12.3. The highest BCUT2D eigenvalue weighted by molar-refractivity contribution is 7.89. The largest absolute Gasteiger partial charge is 0.242 e. The number of benzene rings is 1. The zero-order chi connectivity index (χ0) is 13.7. The monoisotopic (exact) mass is 301 g/mol. The van der Waals surface area contributed by atoms with Crippen molar-refractivity contribution in [2.45, 2.75) is 55.9 Å². The maximum Gasteiger partial charge on any atom is 0.242 e. The fourth-order valence-corrected chi connectivity index (χ4v) is 4.34. The number of rotatable bonds is 3. The number of hydrogen-bond donors (Lipinski definition) is 1. The van der Waals surface area contributed by atoms with E-state index in [-0.39, 0.29) is 16.0 Å². The molecule has 0 bridgehead atoms. The summed E-state index contributed by atoms with van der Waals surface area (Å²) in [6.45, 7) is 0. The summed E-state index contributed by atoms with van der Waals surface area (Å²) in [5.41, 5.74) is 0. The molecule has 2 rings (SSSR count). The highest BCUT2D eigenvalue weighted by Gasteiger charge is 2.22. The van der Waals surface area contributed by atoms with E-state index in [1.807, 2.05) is 0 Å². The van der Waals surface area contributed by atoms with E-state index in [1.165, 1.54) is 19.3 Å². The van der Waals surface area contributed by atoms with Crippen LogP contribution in [0.25, 0.3) is 0 Å². The molecule has 1 aliphatic carbocycles. The third-order valence-electron chi connectivity index (χ3n) is 3.55. The van der Waals surface area contributed by atoms with Gasteiger partial charge in [0.05, 0.1) is 5.02 Å². The quantitative estimate of drug-likeness (QED) is 0.924. The molecule has 0 spiro atoms. The van der Waals surface area contributed by atoms with Gasteiger partial charge in [0.25, 0.3) is 0 Å². The van der Waals surface area contributed by atoms with E-state index in [4.69, 9.17) is 11.6 Å². The van der Waals surface area contributed by atoms with Gasteiger partial charge >= 0.3 is 0 Å². The molecule has 1 aromatic carbocycles. The standard InChI is InChI=1S/C14H20ClNO2S/c15-13-10-6-7-11-14(13)19(17,18)16-12-8-4-2-1-3-5-9-12/h6-7,10-12,16H,1-5,8-9H2. The molecule has 3 nitrogen and oxygen atoms in total. The molecule has 1 aromatic rings. The molecule has 106 valence electrons. The third kappa shape index (κ3) is 4.20. The van der Waals surface area contributed by atoms with Crippen molar-refractivity contribution in [3.05, 3.63) is 29.3 Å². The summed E-state index contributed by atoms with van der Waals surface area (Å²) >= 11 is 5.97. The first-order chi connectivity index (χ1) is 9.09. The van der Waals surface area contributed by atoms with Crippen LogP contribution in [0.3, 0.4) is 0 Å². The lowest BCUT2D eigenvalue weighted by Gasteiger charge is -2.21. The summed E-state index contributed by atoms with van der Waals surface area (Å²) in [5, 5.41) is 0.279. The average molecular weight is 302 g/mol. The van der Waals surface area contributed by atoms with Crippen LogP contribution in [0.15, 0.2) is 29.2 Å². The molecule has 0 saturated heterocycles. The molecular formula is C14H20ClNO2S. The summed E-state index contributed by atoms with van der Waals surface area (Å²) in [6, 6.07) is 6.62. The second-order valence-corrected chi connectivity index (χ2v) is 7.18. The van der Waals surface area contributed by atoms with Gasteiger partial charge in [0.15, 0.2) is 0 Å². The minimum atomic E-state index is -3.50. The minimum absolute atomic E-state index is 0.0431. The summed E-state index contributed by atoms with van der Waals surface area (Å²) < 4.78 is 27.5. The molecular weight excluding hydrogens is 282 g/mol. The zero-order valence-corrected chi connectivity index (χ0v) is 12.5. The van der Waals surface area contributed by atoms with Crippen LogP contribution < -0.4 is 4.72 Å². The van der Waals surface area contributed by atoms with E-state index in [1.54, 1.807) is 24.3 Å². The number of hydrogen-bond acceptors (Lipinski definition) is 2. The Morgan fingerprint density at radius 1 is 1.00 bits per heavy atom. The van der Waals surface area contributed by atoms with Crippen LogP contribution in [0.1, 0.15) is 44.9 Å². The van der Waals surface area contributed by atoms with Gasteiger partial charge in [-0.2, -0.15) is 0 Å². The Hall–Kier alpha value is -0.580. The smallest absolute Gasteiger partial charge is 0.208 e. The fraction of sp³-hybridized carbons (Fsp3) is 0.571. The minimum Gasteiger partial charge on any atom is -0.208 e. The van der Waals surface area contributed by atoms with Crippen LogP contribution in [0.2, 0.25) is 5.02 Å². The van der Waals surface area contributed by atoms with Gasteiger partial charge in [-0.25, -0.2) is 13.1 Å². The molecule has 0 atom stereocenters. The SMILES string of the molecule is O=S(=O)(NC1CCCCCCC1)c1ccccc1Cl. The van der Waals surface area contributed by atoms with Crippen LogP contribution in [0, 0.1) is 0 Å². The van der Waals surface area contributed by atoms with Gasteiger partial charge in [-0.1, -0.05) is 55.8 Å². The molecule has 1 aliphatic rings. The molecule has 19 heavy (non-hydrogen) atoms. The fourth-order valence-electron chi connectivity index (χ4n) is 2.52. The average Bonchev–Trinajstić information content (AvgIpc) is 2.33. The summed E-state index contributed by atoms with van der Waals surface area (Å²) in [5.74, 6) is 0. The summed E-state index contributed by atoms with van der Waals surface area (Å²) in [6.07, 6.45) is 7.69. The lowest BCUT2D eigenvalue weighted by atomic mass is 9.97. The maximum atomic E-state index is 12.3. The van der Waals surface area contributed by atoms with Crippen LogP contribution in [-0.2, 0) is 10.0 Å². The summed E-state index contributed by atoms with van der Waals surface area (Å²) in [7, 11) is -3.50. The van der Waals surface area contributed by atoms with Gasteiger partial charge in [0.1, 0.15) is 4.90 Å². The summed E-state index contributed by atoms with van der Waals surface area (Å²) in [4.78, 5) is 0.179. The molecule has 1 saturated carbocycles. The Morgan fingerprint density at radius 3 is 2.21 bits per heavy atom. The van der Waals surface area contributed by atoms with E-state index in [0.717, 1.165) is 25.7 Å². The second-order valence-electron chi connectivity index (χ2n) is 5.09. The molecule has 0 aromatic heterocycles. The van der Waals surface area contributed by atoms with Gasteiger partial charge in [0, 0.05) is 6.04 Å². The Morgan fingerprint density at radius 2 is 1.58 bits per heavy atom. The van der Waals surface area contributed by atoms with E-state index in [2.05, 4.69) is 4.72 Å². The molecule has 0 heterocycles. The van der Waals surface area contributed by atoms with Crippen LogP contribution in [0.5, 0.6) is 0 Å². The second kappa shape index (κ2) is 6.73. The number of halogens is 1. The molecule has 0 amide bonds. The number of nitrogens with one attached hydrogen (secondary N) is 1. The van der Waals surface area contributed by atoms with Crippen molar-refractivity contribution < 1.29 is 8.42 Å². The Bertz CT molecular complexity index is 508. The lowest BCUT2D eigenvalue weighted by Crippen LogP contribution is -2.35. The van der Waals surface area contributed by atoms with Crippen molar-refractivity contribution in [2.75, 3.05) is 0 Å². The molecule has 1 fully saturated rings. The van der Waals surface area contributed by atoms with Crippen molar-refractivity contribution in [2.24, 2.45) is 0 Å². The van der Waals surface area contributed by atoms with Crippen LogP contribution in [-0.4, -0.2) is 14.5 Å². The van der Waals surface area contributed by atoms with Crippen molar-refractivity contribution in [1.29, 1.82) is 0 Å². The predicted octanol–water partition coefficient (Wildman–Crippen LogP) is 3.73. The van der Waals surface area contributed by atoms with Gasteiger partial charge in [-0.3, -0.25) is 0 Å². The van der Waals surface area contributed by atoms with Gasteiger partial charge < -0.3 is 0 Å². The van der Waals surface area contributed by atoms with Gasteiger partial charge in [-0.15, -0.1) is 0 Å². The van der Waals surface area contributed by atoms with Crippen molar-refractivity contribution in [3.8, 4) is 0 Å². The zero-order valence-electron chi connectivity index (χ0n) is 10.9. The topological polar surface area (TPSA) is 46.2 Å². The Kier molecular flexibility index (Phi) is 5.25. The van der Waals surface area contributed by atoms with Crippen molar-refractivity contribution in [1.82, 2.24) is 4.72 Å². The van der Waals surface area contributed by atoms with E-state index >= 15 is 0 Å². The third-order valence-corrected chi connectivity index (χ3v) is 5.57. The predicted molar refractivity (Wildman–Crippen MR) is 77.9 cm³/mol. The lowest BCUT2D eigenvalue weighted by molar-refractivity contribution is 0.426. The van der Waals surface area contributed by atoms with E-state index in [9.17, 15) is 8.42 Å². The first kappa shape index (κ1) is 14.8. The van der Waals surface area contributed by atoms with Crippen LogP contribution >= 0.6 is 11.6 Å².